The van der Waals surface area contributed by atoms with Crippen LogP contribution in [0.15, 0.2) is 84.4 Å². The summed E-state index contributed by atoms with van der Waals surface area (Å²) >= 11 is 6.13. The van der Waals surface area contributed by atoms with Gasteiger partial charge in [-0.05, 0) is 48.0 Å². The SMILES string of the molecule is COc1ccc(/C(O)=C2\C(=O)C(=O)N(c3cccc(Cl)c3)C2c2ccccc2)cc1. The number of ketones is 1. The smallest absolute Gasteiger partial charge is 0.300 e. The number of carbonyl (C=O) groups excluding carboxylic acids is 2. The Balaban J connectivity index is 1.92. The first-order valence-electron chi connectivity index (χ1n) is 9.27. The summed E-state index contributed by atoms with van der Waals surface area (Å²) < 4.78 is 5.15. The van der Waals surface area contributed by atoms with E-state index in [9.17, 15) is 14.7 Å². The Morgan fingerprint density at radius 1 is 0.967 bits per heavy atom. The summed E-state index contributed by atoms with van der Waals surface area (Å²) in [6.07, 6.45) is 0. The summed E-state index contributed by atoms with van der Waals surface area (Å²) in [4.78, 5) is 27.4. The number of Topliss-reactive ketones (excluding diaryl/α,β-unsaturated/α-hetero) is 1. The van der Waals surface area contributed by atoms with Crippen molar-refractivity contribution in [2.24, 2.45) is 0 Å². The van der Waals surface area contributed by atoms with Crippen LogP contribution in [0.25, 0.3) is 5.76 Å². The minimum absolute atomic E-state index is 0.0244. The van der Waals surface area contributed by atoms with Gasteiger partial charge in [0.1, 0.15) is 11.5 Å². The van der Waals surface area contributed by atoms with Crippen LogP contribution < -0.4 is 9.64 Å². The Kier molecular flexibility index (Phi) is 5.29. The van der Waals surface area contributed by atoms with Crippen molar-refractivity contribution in [3.8, 4) is 5.75 Å². The average molecular weight is 420 g/mol. The van der Waals surface area contributed by atoms with Crippen LogP contribution in [0.5, 0.6) is 5.75 Å². The fourth-order valence-electron chi connectivity index (χ4n) is 3.58. The van der Waals surface area contributed by atoms with Crippen LogP contribution in [0, 0.1) is 0 Å². The fraction of sp³-hybridized carbons (Fsp3) is 0.0833. The van der Waals surface area contributed by atoms with Crippen molar-refractivity contribution in [1.29, 1.82) is 0 Å². The molecular weight excluding hydrogens is 402 g/mol. The summed E-state index contributed by atoms with van der Waals surface area (Å²) in [6, 6.07) is 21.7. The van der Waals surface area contributed by atoms with Crippen LogP contribution in [0.2, 0.25) is 5.02 Å². The predicted octanol–water partition coefficient (Wildman–Crippen LogP) is 4.97. The summed E-state index contributed by atoms with van der Waals surface area (Å²) in [7, 11) is 1.54. The second-order valence-corrected chi connectivity index (χ2v) is 7.22. The molecule has 0 spiro atoms. The third kappa shape index (κ3) is 3.44. The van der Waals surface area contributed by atoms with E-state index in [0.717, 1.165) is 0 Å². The number of hydrogen-bond donors (Lipinski definition) is 1. The van der Waals surface area contributed by atoms with Gasteiger partial charge in [-0.3, -0.25) is 14.5 Å². The summed E-state index contributed by atoms with van der Waals surface area (Å²) in [5.74, 6) is -1.10. The van der Waals surface area contributed by atoms with Crippen molar-refractivity contribution in [3.63, 3.8) is 0 Å². The van der Waals surface area contributed by atoms with E-state index in [1.165, 1.54) is 4.90 Å². The van der Waals surface area contributed by atoms with Gasteiger partial charge in [0.25, 0.3) is 11.7 Å². The molecule has 0 radical (unpaired) electrons. The van der Waals surface area contributed by atoms with Gasteiger partial charge in [0, 0.05) is 16.3 Å². The van der Waals surface area contributed by atoms with E-state index in [1.807, 2.05) is 30.3 Å². The molecule has 1 fully saturated rings. The first kappa shape index (κ1) is 19.7. The summed E-state index contributed by atoms with van der Waals surface area (Å²) in [6.45, 7) is 0. The Morgan fingerprint density at radius 2 is 1.67 bits per heavy atom. The molecule has 1 aliphatic heterocycles. The lowest BCUT2D eigenvalue weighted by atomic mass is 9.95. The minimum atomic E-state index is -0.785. The molecule has 5 nitrogen and oxygen atoms in total. The molecule has 3 aromatic rings. The van der Waals surface area contributed by atoms with Crippen LogP contribution >= 0.6 is 11.6 Å². The third-order valence-electron chi connectivity index (χ3n) is 5.01. The number of hydrogen-bond acceptors (Lipinski definition) is 4. The van der Waals surface area contributed by atoms with Gasteiger partial charge in [-0.2, -0.15) is 0 Å². The lowest BCUT2D eigenvalue weighted by Crippen LogP contribution is -2.29. The Labute approximate surface area is 178 Å². The molecule has 3 aromatic carbocycles. The maximum absolute atomic E-state index is 13.0. The lowest BCUT2D eigenvalue weighted by Gasteiger charge is -2.25. The molecule has 1 heterocycles. The van der Waals surface area contributed by atoms with E-state index < -0.39 is 17.7 Å². The molecule has 1 amide bonds. The van der Waals surface area contributed by atoms with Crippen molar-refractivity contribution < 1.29 is 19.4 Å². The first-order chi connectivity index (χ1) is 14.5. The molecule has 0 aromatic heterocycles. The Hall–Kier alpha value is -3.57. The zero-order valence-electron chi connectivity index (χ0n) is 16.1. The molecule has 1 atom stereocenters. The number of nitrogens with zero attached hydrogens (tertiary/aromatic N) is 1. The number of halogens is 1. The van der Waals surface area contributed by atoms with Gasteiger partial charge in [0.05, 0.1) is 18.7 Å². The zero-order valence-corrected chi connectivity index (χ0v) is 16.8. The Morgan fingerprint density at radius 3 is 2.30 bits per heavy atom. The number of aliphatic hydroxyl groups excluding tert-OH is 1. The normalized spacial score (nSPS) is 17.9. The number of aliphatic hydroxyl groups is 1. The minimum Gasteiger partial charge on any atom is -0.507 e. The van der Waals surface area contributed by atoms with Crippen LogP contribution in [-0.4, -0.2) is 23.9 Å². The van der Waals surface area contributed by atoms with Crippen molar-refractivity contribution in [1.82, 2.24) is 0 Å². The van der Waals surface area contributed by atoms with E-state index in [2.05, 4.69) is 0 Å². The second kappa shape index (κ2) is 8.05. The summed E-state index contributed by atoms with van der Waals surface area (Å²) in [5, 5.41) is 11.5. The molecule has 0 bridgehead atoms. The van der Waals surface area contributed by atoms with Crippen molar-refractivity contribution in [2.75, 3.05) is 12.0 Å². The lowest BCUT2D eigenvalue weighted by molar-refractivity contribution is -0.132. The molecule has 1 aliphatic rings. The highest BCUT2D eigenvalue weighted by Gasteiger charge is 2.46. The van der Waals surface area contributed by atoms with Crippen molar-refractivity contribution in [3.05, 3.63) is 101 Å². The standard InChI is InChI=1S/C24H18ClNO4/c1-30-19-12-10-16(11-13-19)22(27)20-21(15-6-3-2-4-7-15)26(24(29)23(20)28)18-9-5-8-17(25)14-18/h2-14,21,27H,1H3/b22-20+. The summed E-state index contributed by atoms with van der Waals surface area (Å²) in [5.41, 5.74) is 1.62. The number of amides is 1. The van der Waals surface area contributed by atoms with Crippen LogP contribution in [-0.2, 0) is 9.59 Å². The third-order valence-corrected chi connectivity index (χ3v) is 5.24. The predicted molar refractivity (Wildman–Crippen MR) is 116 cm³/mol. The zero-order chi connectivity index (χ0) is 21.3. The van der Waals surface area contributed by atoms with Crippen molar-refractivity contribution in [2.45, 2.75) is 6.04 Å². The van der Waals surface area contributed by atoms with E-state index in [-0.39, 0.29) is 11.3 Å². The Bertz CT molecular complexity index is 1140. The monoisotopic (exact) mass is 419 g/mol. The van der Waals surface area contributed by atoms with E-state index in [1.54, 1.807) is 55.6 Å². The first-order valence-corrected chi connectivity index (χ1v) is 9.65. The van der Waals surface area contributed by atoms with Crippen molar-refractivity contribution >= 4 is 34.7 Å². The van der Waals surface area contributed by atoms with Crippen LogP contribution in [0.4, 0.5) is 5.69 Å². The van der Waals surface area contributed by atoms with Gasteiger partial charge in [-0.25, -0.2) is 0 Å². The molecule has 1 unspecified atom stereocenters. The average Bonchev–Trinajstić information content (AvgIpc) is 3.04. The van der Waals surface area contributed by atoms with E-state index in [0.29, 0.717) is 27.6 Å². The van der Waals surface area contributed by atoms with Gasteiger partial charge in [0.2, 0.25) is 0 Å². The number of ether oxygens (including phenoxy) is 1. The van der Waals surface area contributed by atoms with Gasteiger partial charge >= 0.3 is 0 Å². The molecule has 0 saturated carbocycles. The number of anilines is 1. The highest BCUT2D eigenvalue weighted by molar-refractivity contribution is 6.51. The quantitative estimate of drug-likeness (QED) is 0.368. The second-order valence-electron chi connectivity index (χ2n) is 6.79. The molecule has 150 valence electrons. The van der Waals surface area contributed by atoms with Crippen LogP contribution in [0.1, 0.15) is 17.2 Å². The number of benzene rings is 3. The maximum Gasteiger partial charge on any atom is 0.300 e. The van der Waals surface area contributed by atoms with E-state index in [4.69, 9.17) is 16.3 Å². The molecule has 1 N–H and O–H groups in total. The van der Waals surface area contributed by atoms with Gasteiger partial charge in [-0.15, -0.1) is 0 Å². The molecular formula is C24H18ClNO4. The molecule has 30 heavy (non-hydrogen) atoms. The van der Waals surface area contributed by atoms with Crippen LogP contribution in [0.3, 0.4) is 0 Å². The van der Waals surface area contributed by atoms with Gasteiger partial charge in [0.15, 0.2) is 0 Å². The topological polar surface area (TPSA) is 66.8 Å². The van der Waals surface area contributed by atoms with E-state index >= 15 is 0 Å². The largest absolute Gasteiger partial charge is 0.507 e. The number of rotatable bonds is 4. The maximum atomic E-state index is 13.0. The molecule has 0 aliphatic carbocycles. The molecule has 1 saturated heterocycles. The van der Waals surface area contributed by atoms with Gasteiger partial charge in [-0.1, -0.05) is 48.0 Å². The highest BCUT2D eigenvalue weighted by atomic mass is 35.5. The van der Waals surface area contributed by atoms with Gasteiger partial charge < -0.3 is 9.84 Å². The number of methoxy groups -OCH3 is 1. The number of carbonyl (C=O) groups is 2. The fourth-order valence-corrected chi connectivity index (χ4v) is 3.76. The highest BCUT2D eigenvalue weighted by Crippen LogP contribution is 2.42. The molecule has 6 heteroatoms. The molecule has 4 rings (SSSR count).